The SMILES string of the molecule is CC(O)(CNC(=O)NC1C2CCOC2C1(C)C)c1ccc(F)cc1. The van der Waals surface area contributed by atoms with Crippen LogP contribution in [0.1, 0.15) is 32.8 Å². The predicted octanol–water partition coefficient (Wildman–Crippen LogP) is 2.15. The van der Waals surface area contributed by atoms with E-state index in [4.69, 9.17) is 4.74 Å². The molecule has 2 amide bonds. The van der Waals surface area contributed by atoms with Crippen LogP contribution in [0, 0.1) is 17.2 Å². The van der Waals surface area contributed by atoms with Crippen LogP contribution in [0.3, 0.4) is 0 Å². The van der Waals surface area contributed by atoms with Crippen LogP contribution in [0.25, 0.3) is 0 Å². The van der Waals surface area contributed by atoms with Gasteiger partial charge in [-0.1, -0.05) is 26.0 Å². The summed E-state index contributed by atoms with van der Waals surface area (Å²) < 4.78 is 18.7. The van der Waals surface area contributed by atoms with Gasteiger partial charge in [0.25, 0.3) is 0 Å². The van der Waals surface area contributed by atoms with Crippen molar-refractivity contribution in [1.82, 2.24) is 10.6 Å². The number of urea groups is 1. The summed E-state index contributed by atoms with van der Waals surface area (Å²) in [6.07, 6.45) is 1.18. The van der Waals surface area contributed by atoms with Crippen LogP contribution in [-0.2, 0) is 10.3 Å². The van der Waals surface area contributed by atoms with Gasteiger partial charge in [-0.05, 0) is 31.0 Å². The molecule has 1 aliphatic heterocycles. The fourth-order valence-electron chi connectivity index (χ4n) is 3.97. The van der Waals surface area contributed by atoms with E-state index in [-0.39, 0.29) is 36.0 Å². The fourth-order valence-corrected chi connectivity index (χ4v) is 3.97. The highest BCUT2D eigenvalue weighted by molar-refractivity contribution is 5.74. The second kappa shape index (κ2) is 6.01. The molecule has 4 atom stereocenters. The van der Waals surface area contributed by atoms with Crippen LogP contribution in [0.2, 0.25) is 0 Å². The summed E-state index contributed by atoms with van der Waals surface area (Å²) in [6, 6.07) is 5.39. The molecule has 1 saturated heterocycles. The molecule has 0 radical (unpaired) electrons. The normalized spacial score (nSPS) is 30.0. The van der Waals surface area contributed by atoms with E-state index >= 15 is 0 Å². The lowest BCUT2D eigenvalue weighted by Gasteiger charge is -2.54. The number of amides is 2. The predicted molar refractivity (Wildman–Crippen MR) is 87.9 cm³/mol. The Morgan fingerprint density at radius 1 is 1.42 bits per heavy atom. The molecule has 5 nitrogen and oxygen atoms in total. The third-order valence-electron chi connectivity index (χ3n) is 5.45. The van der Waals surface area contributed by atoms with Gasteiger partial charge < -0.3 is 20.5 Å². The van der Waals surface area contributed by atoms with Gasteiger partial charge in [0.15, 0.2) is 0 Å². The number of aliphatic hydroxyl groups is 1. The van der Waals surface area contributed by atoms with Crippen LogP contribution in [0.4, 0.5) is 9.18 Å². The lowest BCUT2D eigenvalue weighted by Crippen LogP contribution is -2.67. The molecule has 1 heterocycles. The topological polar surface area (TPSA) is 70.6 Å². The lowest BCUT2D eigenvalue weighted by molar-refractivity contribution is -0.108. The number of hydrogen-bond donors (Lipinski definition) is 3. The number of halogens is 1. The third-order valence-corrected chi connectivity index (χ3v) is 5.45. The lowest BCUT2D eigenvalue weighted by atomic mass is 9.57. The molecule has 6 heteroatoms. The highest BCUT2D eigenvalue weighted by Gasteiger charge is 2.59. The molecule has 2 aliphatic rings. The number of fused-ring (bicyclic) bond motifs is 1. The summed E-state index contributed by atoms with van der Waals surface area (Å²) in [4.78, 5) is 12.2. The largest absolute Gasteiger partial charge is 0.384 e. The van der Waals surface area contributed by atoms with Crippen LogP contribution < -0.4 is 10.6 Å². The van der Waals surface area contributed by atoms with E-state index in [0.29, 0.717) is 11.5 Å². The minimum absolute atomic E-state index is 0.0439. The summed E-state index contributed by atoms with van der Waals surface area (Å²) in [5.41, 5.74) is -0.797. The van der Waals surface area contributed by atoms with E-state index in [2.05, 4.69) is 24.5 Å². The summed E-state index contributed by atoms with van der Waals surface area (Å²) >= 11 is 0. The van der Waals surface area contributed by atoms with Crippen molar-refractivity contribution in [2.75, 3.05) is 13.2 Å². The van der Waals surface area contributed by atoms with Gasteiger partial charge >= 0.3 is 6.03 Å². The number of hydrogen-bond acceptors (Lipinski definition) is 3. The van der Waals surface area contributed by atoms with Gasteiger partial charge in [0.05, 0.1) is 12.6 Å². The fraction of sp³-hybridized carbons (Fsp3) is 0.611. The van der Waals surface area contributed by atoms with Crippen LogP contribution in [0.5, 0.6) is 0 Å². The van der Waals surface area contributed by atoms with E-state index < -0.39 is 5.60 Å². The Morgan fingerprint density at radius 2 is 2.08 bits per heavy atom. The highest BCUT2D eigenvalue weighted by Crippen LogP contribution is 2.52. The second-order valence-corrected chi connectivity index (χ2v) is 7.65. The molecule has 0 spiro atoms. The quantitative estimate of drug-likeness (QED) is 0.789. The minimum Gasteiger partial charge on any atom is -0.384 e. The molecule has 3 N–H and O–H groups in total. The first kappa shape index (κ1) is 17.2. The van der Waals surface area contributed by atoms with Crippen molar-refractivity contribution in [3.63, 3.8) is 0 Å². The van der Waals surface area contributed by atoms with Crippen molar-refractivity contribution in [1.29, 1.82) is 0 Å². The molecule has 1 aromatic rings. The molecule has 4 unspecified atom stereocenters. The van der Waals surface area contributed by atoms with Gasteiger partial charge in [-0.3, -0.25) is 0 Å². The zero-order chi connectivity index (χ0) is 17.5. The van der Waals surface area contributed by atoms with E-state index in [1.54, 1.807) is 6.92 Å². The average molecular weight is 336 g/mol. The molecule has 24 heavy (non-hydrogen) atoms. The Bertz CT molecular complexity index is 615. The molecule has 1 aromatic carbocycles. The zero-order valence-electron chi connectivity index (χ0n) is 14.3. The molecular weight excluding hydrogens is 311 g/mol. The molecule has 132 valence electrons. The molecule has 0 bridgehead atoms. The Balaban J connectivity index is 1.55. The second-order valence-electron chi connectivity index (χ2n) is 7.65. The van der Waals surface area contributed by atoms with Crippen LogP contribution >= 0.6 is 0 Å². The van der Waals surface area contributed by atoms with Crippen molar-refractivity contribution >= 4 is 6.03 Å². The molecule has 3 rings (SSSR count). The number of nitrogens with one attached hydrogen (secondary N) is 2. The van der Waals surface area contributed by atoms with Crippen molar-refractivity contribution in [3.05, 3.63) is 35.6 Å². The highest BCUT2D eigenvalue weighted by atomic mass is 19.1. The monoisotopic (exact) mass is 336 g/mol. The van der Waals surface area contributed by atoms with E-state index in [1.165, 1.54) is 24.3 Å². The smallest absolute Gasteiger partial charge is 0.315 e. The number of benzene rings is 1. The Morgan fingerprint density at radius 3 is 2.75 bits per heavy atom. The van der Waals surface area contributed by atoms with Crippen molar-refractivity contribution in [2.24, 2.45) is 11.3 Å². The average Bonchev–Trinajstić information content (AvgIpc) is 2.98. The van der Waals surface area contributed by atoms with Crippen molar-refractivity contribution in [2.45, 2.75) is 44.9 Å². The van der Waals surface area contributed by atoms with Crippen LogP contribution in [0.15, 0.2) is 24.3 Å². The standard InChI is InChI=1S/C18H25FN2O3/c1-17(2)14(13-8-9-24-15(13)17)21-16(22)20-10-18(3,23)11-4-6-12(19)7-5-11/h4-7,13-15,23H,8-10H2,1-3H3,(H2,20,21,22). The number of rotatable bonds is 4. The summed E-state index contributed by atoms with van der Waals surface area (Å²) in [5, 5.41) is 16.2. The Hall–Kier alpha value is -1.66. The van der Waals surface area contributed by atoms with E-state index in [1.807, 2.05) is 0 Å². The first-order chi connectivity index (χ1) is 11.2. The van der Waals surface area contributed by atoms with E-state index in [9.17, 15) is 14.3 Å². The molecule has 1 saturated carbocycles. The minimum atomic E-state index is -1.26. The van der Waals surface area contributed by atoms with Crippen molar-refractivity contribution < 1.29 is 19.0 Å². The molecular formula is C18H25FN2O3. The Labute approximate surface area is 141 Å². The van der Waals surface area contributed by atoms with Gasteiger partial charge in [0.2, 0.25) is 0 Å². The van der Waals surface area contributed by atoms with Gasteiger partial charge in [-0.15, -0.1) is 0 Å². The number of carbonyl (C=O) groups excluding carboxylic acids is 1. The molecule has 2 fully saturated rings. The van der Waals surface area contributed by atoms with Gasteiger partial charge in [0, 0.05) is 24.0 Å². The third kappa shape index (κ3) is 3.00. The zero-order valence-corrected chi connectivity index (χ0v) is 14.3. The van der Waals surface area contributed by atoms with Crippen LogP contribution in [-0.4, -0.2) is 36.4 Å². The van der Waals surface area contributed by atoms with E-state index in [0.717, 1.165) is 13.0 Å². The first-order valence-electron chi connectivity index (χ1n) is 8.36. The number of ether oxygens (including phenoxy) is 1. The summed E-state index contributed by atoms with van der Waals surface area (Å²) in [5.74, 6) is 0.00385. The maximum atomic E-state index is 13.0. The number of carbonyl (C=O) groups is 1. The first-order valence-corrected chi connectivity index (χ1v) is 8.36. The summed E-state index contributed by atoms with van der Waals surface area (Å²) in [6.45, 7) is 6.58. The Kier molecular flexibility index (Phi) is 4.30. The molecule has 1 aliphatic carbocycles. The summed E-state index contributed by atoms with van der Waals surface area (Å²) in [7, 11) is 0. The van der Waals surface area contributed by atoms with Crippen molar-refractivity contribution in [3.8, 4) is 0 Å². The van der Waals surface area contributed by atoms with Gasteiger partial charge in [-0.25, -0.2) is 9.18 Å². The maximum absolute atomic E-state index is 13.0. The van der Waals surface area contributed by atoms with Gasteiger partial charge in [0.1, 0.15) is 11.4 Å². The molecule has 0 aromatic heterocycles. The van der Waals surface area contributed by atoms with Gasteiger partial charge in [-0.2, -0.15) is 0 Å². The maximum Gasteiger partial charge on any atom is 0.315 e.